The summed E-state index contributed by atoms with van der Waals surface area (Å²) >= 11 is 0. The first-order valence-electron chi connectivity index (χ1n) is 6.72. The lowest BCUT2D eigenvalue weighted by Crippen LogP contribution is -2.43. The van der Waals surface area contributed by atoms with Crippen molar-refractivity contribution >= 4 is 11.6 Å². The number of likely N-dealkylation sites (tertiary alicyclic amines) is 1. The molecule has 4 heteroatoms. The Bertz CT molecular complexity index is 430. The Morgan fingerprint density at radius 1 is 1.26 bits per heavy atom. The molecule has 19 heavy (non-hydrogen) atoms. The Labute approximate surface area is 114 Å². The molecule has 1 aliphatic heterocycles. The van der Waals surface area contributed by atoms with Gasteiger partial charge in [-0.2, -0.15) is 0 Å². The highest BCUT2D eigenvalue weighted by Crippen LogP contribution is 2.29. The summed E-state index contributed by atoms with van der Waals surface area (Å²) in [5.74, 6) is 0.743. The molecule has 1 aromatic carbocycles. The summed E-state index contributed by atoms with van der Waals surface area (Å²) in [6, 6.07) is 7.09. The zero-order chi connectivity index (χ0) is 13.9. The smallest absolute Gasteiger partial charge is 0.260 e. The Hall–Kier alpha value is -1.71. The van der Waals surface area contributed by atoms with E-state index in [1.165, 1.54) is 0 Å². The van der Waals surface area contributed by atoms with Crippen LogP contribution < -0.4 is 10.5 Å². The van der Waals surface area contributed by atoms with Crippen molar-refractivity contribution in [3.8, 4) is 5.75 Å². The van der Waals surface area contributed by atoms with E-state index in [0.717, 1.165) is 25.9 Å². The van der Waals surface area contributed by atoms with Crippen LogP contribution in [0.1, 0.15) is 26.7 Å². The number of hydrogen-bond donors (Lipinski definition) is 1. The van der Waals surface area contributed by atoms with Crippen LogP contribution in [0.25, 0.3) is 0 Å². The largest absolute Gasteiger partial charge is 0.484 e. The first-order valence-corrected chi connectivity index (χ1v) is 6.72. The van der Waals surface area contributed by atoms with Gasteiger partial charge in [-0.15, -0.1) is 0 Å². The number of carbonyl (C=O) groups is 1. The summed E-state index contributed by atoms with van der Waals surface area (Å²) < 4.78 is 5.48. The minimum atomic E-state index is 0.0623. The molecule has 1 amide bonds. The van der Waals surface area contributed by atoms with Gasteiger partial charge in [-0.05, 0) is 42.5 Å². The summed E-state index contributed by atoms with van der Waals surface area (Å²) in [7, 11) is 0. The highest BCUT2D eigenvalue weighted by Gasteiger charge is 2.27. The second-order valence-electron chi connectivity index (χ2n) is 5.90. The van der Waals surface area contributed by atoms with Crippen molar-refractivity contribution in [1.82, 2.24) is 4.90 Å². The van der Waals surface area contributed by atoms with E-state index in [0.29, 0.717) is 16.9 Å². The lowest BCUT2D eigenvalue weighted by atomic mass is 9.83. The van der Waals surface area contributed by atoms with Gasteiger partial charge >= 0.3 is 0 Å². The van der Waals surface area contributed by atoms with Gasteiger partial charge in [0.1, 0.15) is 5.75 Å². The van der Waals surface area contributed by atoms with E-state index in [2.05, 4.69) is 13.8 Å². The number of amides is 1. The van der Waals surface area contributed by atoms with Crippen LogP contribution in [0, 0.1) is 5.41 Å². The molecule has 1 fully saturated rings. The number of nitrogens with zero attached hydrogens (tertiary/aromatic N) is 1. The monoisotopic (exact) mass is 262 g/mol. The van der Waals surface area contributed by atoms with E-state index in [-0.39, 0.29) is 12.5 Å². The van der Waals surface area contributed by atoms with Crippen molar-refractivity contribution in [3.05, 3.63) is 24.3 Å². The molecule has 1 saturated heterocycles. The van der Waals surface area contributed by atoms with E-state index in [4.69, 9.17) is 10.5 Å². The third kappa shape index (κ3) is 3.88. The minimum absolute atomic E-state index is 0.0623. The molecule has 0 bridgehead atoms. The fourth-order valence-corrected chi connectivity index (χ4v) is 2.16. The van der Waals surface area contributed by atoms with E-state index < -0.39 is 0 Å². The van der Waals surface area contributed by atoms with E-state index in [1.807, 2.05) is 4.90 Å². The maximum Gasteiger partial charge on any atom is 0.260 e. The molecule has 2 rings (SSSR count). The number of nitrogen functional groups attached to an aromatic ring is 1. The average molecular weight is 262 g/mol. The summed E-state index contributed by atoms with van der Waals surface area (Å²) in [4.78, 5) is 13.9. The van der Waals surface area contributed by atoms with Crippen molar-refractivity contribution in [2.45, 2.75) is 26.7 Å². The number of carbonyl (C=O) groups excluding carboxylic acids is 1. The Balaban J connectivity index is 1.80. The molecule has 0 atom stereocenters. The van der Waals surface area contributed by atoms with Crippen LogP contribution in [0.4, 0.5) is 5.69 Å². The molecule has 1 aromatic rings. The highest BCUT2D eigenvalue weighted by molar-refractivity contribution is 5.77. The quantitative estimate of drug-likeness (QED) is 0.850. The third-order valence-corrected chi connectivity index (χ3v) is 3.71. The molecule has 1 aliphatic rings. The third-order valence-electron chi connectivity index (χ3n) is 3.71. The molecule has 1 heterocycles. The van der Waals surface area contributed by atoms with Crippen molar-refractivity contribution in [2.75, 3.05) is 25.4 Å². The number of ether oxygens (including phenoxy) is 1. The zero-order valence-corrected chi connectivity index (χ0v) is 11.7. The fourth-order valence-electron chi connectivity index (χ4n) is 2.16. The Kier molecular flexibility index (Phi) is 3.98. The van der Waals surface area contributed by atoms with Crippen LogP contribution in [0.2, 0.25) is 0 Å². The van der Waals surface area contributed by atoms with Gasteiger partial charge in [0.15, 0.2) is 6.61 Å². The Morgan fingerprint density at radius 3 is 2.42 bits per heavy atom. The molecular weight excluding hydrogens is 240 g/mol. The van der Waals surface area contributed by atoms with E-state index in [1.54, 1.807) is 24.3 Å². The van der Waals surface area contributed by atoms with Gasteiger partial charge in [0, 0.05) is 18.8 Å². The van der Waals surface area contributed by atoms with Crippen molar-refractivity contribution < 1.29 is 9.53 Å². The molecule has 0 aliphatic carbocycles. The van der Waals surface area contributed by atoms with Gasteiger partial charge in [0.05, 0.1) is 0 Å². The van der Waals surface area contributed by atoms with Crippen molar-refractivity contribution in [1.29, 1.82) is 0 Å². The maximum absolute atomic E-state index is 12.0. The van der Waals surface area contributed by atoms with Crippen LogP contribution in [0.5, 0.6) is 5.75 Å². The lowest BCUT2D eigenvalue weighted by molar-refractivity contribution is -0.135. The standard InChI is InChI=1S/C15H22N2O2/c1-15(2)7-9-17(10-8-15)14(18)11-19-13-5-3-12(16)4-6-13/h3-6H,7-11,16H2,1-2H3. The number of benzene rings is 1. The van der Waals surface area contributed by atoms with E-state index >= 15 is 0 Å². The summed E-state index contributed by atoms with van der Waals surface area (Å²) in [5.41, 5.74) is 6.64. The topological polar surface area (TPSA) is 55.6 Å². The van der Waals surface area contributed by atoms with Crippen LogP contribution >= 0.6 is 0 Å². The zero-order valence-electron chi connectivity index (χ0n) is 11.7. The van der Waals surface area contributed by atoms with Gasteiger partial charge in [0.25, 0.3) is 5.91 Å². The number of nitrogens with two attached hydrogens (primary N) is 1. The van der Waals surface area contributed by atoms with Gasteiger partial charge in [0.2, 0.25) is 0 Å². The van der Waals surface area contributed by atoms with Crippen molar-refractivity contribution in [3.63, 3.8) is 0 Å². The fraction of sp³-hybridized carbons (Fsp3) is 0.533. The van der Waals surface area contributed by atoms with Gasteiger partial charge in [-0.3, -0.25) is 4.79 Å². The lowest BCUT2D eigenvalue weighted by Gasteiger charge is -2.36. The maximum atomic E-state index is 12.0. The second-order valence-corrected chi connectivity index (χ2v) is 5.90. The molecule has 0 unspecified atom stereocenters. The van der Waals surface area contributed by atoms with Gasteiger partial charge in [-0.1, -0.05) is 13.8 Å². The normalized spacial score (nSPS) is 18.1. The van der Waals surface area contributed by atoms with Crippen molar-refractivity contribution in [2.24, 2.45) is 5.41 Å². The molecule has 0 saturated carbocycles. The molecule has 0 radical (unpaired) electrons. The number of hydrogen-bond acceptors (Lipinski definition) is 3. The number of rotatable bonds is 3. The molecule has 0 aromatic heterocycles. The van der Waals surface area contributed by atoms with Crippen LogP contribution in [-0.4, -0.2) is 30.5 Å². The Morgan fingerprint density at radius 2 is 1.84 bits per heavy atom. The predicted octanol–water partition coefficient (Wildman–Crippen LogP) is 2.30. The predicted molar refractivity (Wildman–Crippen MR) is 75.9 cm³/mol. The highest BCUT2D eigenvalue weighted by atomic mass is 16.5. The first kappa shape index (κ1) is 13.7. The molecular formula is C15H22N2O2. The second kappa shape index (κ2) is 5.51. The van der Waals surface area contributed by atoms with E-state index in [9.17, 15) is 4.79 Å². The average Bonchev–Trinajstić information content (AvgIpc) is 2.37. The molecule has 104 valence electrons. The number of piperidine rings is 1. The number of anilines is 1. The summed E-state index contributed by atoms with van der Waals surface area (Å²) in [6.07, 6.45) is 2.11. The summed E-state index contributed by atoms with van der Waals surface area (Å²) in [6.45, 7) is 6.26. The first-order chi connectivity index (χ1) is 8.96. The molecule has 2 N–H and O–H groups in total. The van der Waals surface area contributed by atoms with Crippen LogP contribution in [-0.2, 0) is 4.79 Å². The molecule has 4 nitrogen and oxygen atoms in total. The molecule has 0 spiro atoms. The van der Waals surface area contributed by atoms with Gasteiger partial charge in [-0.25, -0.2) is 0 Å². The van der Waals surface area contributed by atoms with Gasteiger partial charge < -0.3 is 15.4 Å². The minimum Gasteiger partial charge on any atom is -0.484 e. The summed E-state index contributed by atoms with van der Waals surface area (Å²) in [5, 5.41) is 0. The van der Waals surface area contributed by atoms with Crippen LogP contribution in [0.15, 0.2) is 24.3 Å². The van der Waals surface area contributed by atoms with Crippen LogP contribution in [0.3, 0.4) is 0 Å². The SMILES string of the molecule is CC1(C)CCN(C(=O)COc2ccc(N)cc2)CC1.